The zero-order valence-corrected chi connectivity index (χ0v) is 17.4. The molecule has 1 aliphatic carbocycles. The first kappa shape index (κ1) is 19.6. The van der Waals surface area contributed by atoms with E-state index in [1.54, 1.807) is 6.92 Å². The summed E-state index contributed by atoms with van der Waals surface area (Å²) < 4.78 is 7.12. The van der Waals surface area contributed by atoms with Gasteiger partial charge in [-0.2, -0.15) is 0 Å². The van der Waals surface area contributed by atoms with Crippen LogP contribution in [0.2, 0.25) is 0 Å². The molecule has 1 amide bonds. The maximum Gasteiger partial charge on any atom is 0.341 e. The number of anilines is 1. The third kappa shape index (κ3) is 3.93. The zero-order chi connectivity index (χ0) is 19.7. The van der Waals surface area contributed by atoms with Crippen LogP contribution < -0.4 is 5.32 Å². The maximum atomic E-state index is 12.9. The molecule has 1 N–H and O–H groups in total. The normalized spacial score (nSPS) is 17.3. The Morgan fingerprint density at radius 1 is 1.44 bits per heavy atom. The quantitative estimate of drug-likeness (QED) is 0.783. The lowest BCUT2D eigenvalue weighted by atomic mass is 9.88. The van der Waals surface area contributed by atoms with Gasteiger partial charge in [0.2, 0.25) is 5.91 Å². The average Bonchev–Trinajstić information content (AvgIpc) is 3.12. The van der Waals surface area contributed by atoms with Crippen molar-refractivity contribution >= 4 is 28.2 Å². The lowest BCUT2D eigenvalue weighted by Gasteiger charge is -2.18. The topological polar surface area (TPSA) is 73.2 Å². The summed E-state index contributed by atoms with van der Waals surface area (Å²) in [5.41, 5.74) is 2.47. The molecule has 2 atom stereocenters. The summed E-state index contributed by atoms with van der Waals surface area (Å²) in [6.07, 6.45) is 4.71. The summed E-state index contributed by atoms with van der Waals surface area (Å²) in [7, 11) is 0. The molecule has 0 bridgehead atoms. The molecule has 0 aromatic carbocycles. The number of aryl methyl sites for hydroxylation is 2. The van der Waals surface area contributed by atoms with Gasteiger partial charge in [-0.1, -0.05) is 6.92 Å². The van der Waals surface area contributed by atoms with Crippen molar-refractivity contribution in [3.63, 3.8) is 0 Å². The fraction of sp³-hybridized carbons (Fsp3) is 0.550. The Bertz CT molecular complexity index is 868. The van der Waals surface area contributed by atoms with E-state index in [9.17, 15) is 9.59 Å². The van der Waals surface area contributed by atoms with Gasteiger partial charge < -0.3 is 14.6 Å². The van der Waals surface area contributed by atoms with E-state index in [2.05, 4.69) is 17.2 Å². The minimum absolute atomic E-state index is 0.160. The number of nitrogens with one attached hydrogen (secondary N) is 1. The molecule has 0 saturated heterocycles. The van der Waals surface area contributed by atoms with Crippen molar-refractivity contribution in [2.24, 2.45) is 5.92 Å². The van der Waals surface area contributed by atoms with E-state index in [-0.39, 0.29) is 11.9 Å². The first-order valence-electron chi connectivity index (χ1n) is 9.46. The lowest BCUT2D eigenvalue weighted by molar-refractivity contribution is -0.118. The van der Waals surface area contributed by atoms with Crippen LogP contribution in [0.5, 0.6) is 0 Å². The number of esters is 1. The number of aromatic nitrogens is 2. The van der Waals surface area contributed by atoms with E-state index in [0.717, 1.165) is 36.3 Å². The molecule has 3 rings (SSSR count). The molecule has 2 aromatic rings. The van der Waals surface area contributed by atoms with Crippen LogP contribution in [-0.4, -0.2) is 28.0 Å². The molecule has 1 aliphatic rings. The third-order valence-corrected chi connectivity index (χ3v) is 6.23. The molecule has 0 unspecified atom stereocenters. The average molecular weight is 390 g/mol. The van der Waals surface area contributed by atoms with Crippen molar-refractivity contribution in [3.8, 4) is 0 Å². The minimum Gasteiger partial charge on any atom is -0.462 e. The number of fused-ring (bicyclic) bond motifs is 1. The van der Waals surface area contributed by atoms with Crippen LogP contribution in [0.1, 0.15) is 65.6 Å². The second-order valence-electron chi connectivity index (χ2n) is 7.28. The van der Waals surface area contributed by atoms with Crippen LogP contribution in [-0.2, 0) is 22.4 Å². The van der Waals surface area contributed by atoms with Crippen molar-refractivity contribution in [1.82, 2.24) is 9.55 Å². The molecule has 7 heteroatoms. The van der Waals surface area contributed by atoms with Gasteiger partial charge in [-0.3, -0.25) is 4.79 Å². The molecule has 0 aliphatic heterocycles. The lowest BCUT2D eigenvalue weighted by Crippen LogP contribution is -2.24. The number of carbonyl (C=O) groups excluding carboxylic acids is 2. The summed E-state index contributed by atoms with van der Waals surface area (Å²) in [5.74, 6) is 0.875. The van der Waals surface area contributed by atoms with Crippen molar-refractivity contribution in [1.29, 1.82) is 0 Å². The highest BCUT2D eigenvalue weighted by Gasteiger charge is 2.30. The maximum absolute atomic E-state index is 12.9. The predicted molar refractivity (Wildman–Crippen MR) is 107 cm³/mol. The number of nitrogens with zero attached hydrogens (tertiary/aromatic N) is 2. The number of amides is 1. The number of rotatable bonds is 5. The number of hydrogen-bond acceptors (Lipinski definition) is 5. The smallest absolute Gasteiger partial charge is 0.341 e. The Hall–Kier alpha value is -2.15. The van der Waals surface area contributed by atoms with Crippen molar-refractivity contribution < 1.29 is 14.3 Å². The van der Waals surface area contributed by atoms with Crippen LogP contribution in [0.25, 0.3) is 0 Å². The molecule has 2 aromatic heterocycles. The predicted octanol–water partition coefficient (Wildman–Crippen LogP) is 4.06. The van der Waals surface area contributed by atoms with Crippen LogP contribution in [0.4, 0.5) is 5.00 Å². The summed E-state index contributed by atoms with van der Waals surface area (Å²) in [6, 6.07) is -0.417. The minimum atomic E-state index is -0.417. The largest absolute Gasteiger partial charge is 0.462 e. The molecule has 0 spiro atoms. The molecule has 0 fully saturated rings. The van der Waals surface area contributed by atoms with Gasteiger partial charge in [0.1, 0.15) is 16.9 Å². The number of imidazole rings is 1. The van der Waals surface area contributed by atoms with Gasteiger partial charge in [-0.25, -0.2) is 9.78 Å². The first-order valence-corrected chi connectivity index (χ1v) is 10.3. The Kier molecular flexibility index (Phi) is 5.69. The van der Waals surface area contributed by atoms with E-state index in [0.29, 0.717) is 23.1 Å². The van der Waals surface area contributed by atoms with Gasteiger partial charge in [-0.05, 0) is 58.4 Å². The summed E-state index contributed by atoms with van der Waals surface area (Å²) in [5, 5.41) is 3.60. The van der Waals surface area contributed by atoms with Gasteiger partial charge >= 0.3 is 5.97 Å². The van der Waals surface area contributed by atoms with Gasteiger partial charge in [0.15, 0.2) is 0 Å². The van der Waals surface area contributed by atoms with Crippen LogP contribution in [0.15, 0.2) is 6.20 Å². The monoisotopic (exact) mass is 389 g/mol. The number of carbonyl (C=O) groups is 2. The Labute approximate surface area is 163 Å². The summed E-state index contributed by atoms with van der Waals surface area (Å²) in [6.45, 7) is 9.95. The fourth-order valence-corrected chi connectivity index (χ4v) is 5.03. The molecule has 27 heavy (non-hydrogen) atoms. The molecule has 0 radical (unpaired) electrons. The fourth-order valence-electron chi connectivity index (χ4n) is 3.63. The summed E-state index contributed by atoms with van der Waals surface area (Å²) >= 11 is 1.51. The number of ether oxygens (including phenoxy) is 1. The molecular weight excluding hydrogens is 362 g/mol. The van der Waals surface area contributed by atoms with Crippen LogP contribution in [0.3, 0.4) is 0 Å². The molecular formula is C20H27N3O3S. The Morgan fingerprint density at radius 3 is 2.81 bits per heavy atom. The van der Waals surface area contributed by atoms with Gasteiger partial charge in [0.25, 0.3) is 0 Å². The SMILES string of the molecule is CCOC(=O)c1c(NC(=O)[C@H](C)n2cc(C)nc2C)sc2c1CC[C@@H](C)C2. The van der Waals surface area contributed by atoms with Gasteiger partial charge in [0.05, 0.1) is 17.9 Å². The first-order chi connectivity index (χ1) is 12.8. The Morgan fingerprint density at radius 2 is 2.19 bits per heavy atom. The number of hydrogen-bond donors (Lipinski definition) is 1. The third-order valence-electron chi connectivity index (χ3n) is 5.06. The number of thiophene rings is 1. The van der Waals surface area contributed by atoms with Crippen LogP contribution in [0, 0.1) is 19.8 Å². The molecule has 2 heterocycles. The molecule has 0 saturated carbocycles. The van der Waals surface area contributed by atoms with Gasteiger partial charge in [0, 0.05) is 11.1 Å². The van der Waals surface area contributed by atoms with E-state index < -0.39 is 6.04 Å². The van der Waals surface area contributed by atoms with Crippen LogP contribution >= 0.6 is 11.3 Å². The zero-order valence-electron chi connectivity index (χ0n) is 16.6. The highest BCUT2D eigenvalue weighted by Crippen LogP contribution is 2.40. The van der Waals surface area contributed by atoms with E-state index >= 15 is 0 Å². The van der Waals surface area contributed by atoms with E-state index in [1.807, 2.05) is 31.5 Å². The highest BCUT2D eigenvalue weighted by atomic mass is 32.1. The molecule has 6 nitrogen and oxygen atoms in total. The van der Waals surface area contributed by atoms with Gasteiger partial charge in [-0.15, -0.1) is 11.3 Å². The van der Waals surface area contributed by atoms with Crippen molar-refractivity contribution in [2.45, 2.75) is 59.9 Å². The van der Waals surface area contributed by atoms with E-state index in [4.69, 9.17) is 4.74 Å². The second-order valence-corrected chi connectivity index (χ2v) is 8.38. The standard InChI is InChI=1S/C20H27N3O3S/c1-6-26-20(25)17-15-8-7-11(2)9-16(15)27-19(17)22-18(24)13(4)23-10-12(3)21-14(23)5/h10-11,13H,6-9H2,1-5H3,(H,22,24)/t11-,13+/m1/s1. The molecule has 146 valence electrons. The highest BCUT2D eigenvalue weighted by molar-refractivity contribution is 7.17. The Balaban J connectivity index is 1.90. The van der Waals surface area contributed by atoms with Crippen molar-refractivity contribution in [3.05, 3.63) is 33.7 Å². The van der Waals surface area contributed by atoms with E-state index in [1.165, 1.54) is 16.2 Å². The second kappa shape index (κ2) is 7.84. The summed E-state index contributed by atoms with van der Waals surface area (Å²) in [4.78, 5) is 31.0. The van der Waals surface area contributed by atoms with Crippen molar-refractivity contribution in [2.75, 3.05) is 11.9 Å².